The SMILES string of the molecule is CNC1CCCCCCC1n1cc(C)cn1. The molecule has 0 aromatic carbocycles. The van der Waals surface area contributed by atoms with E-state index in [1.165, 1.54) is 44.1 Å². The summed E-state index contributed by atoms with van der Waals surface area (Å²) in [6, 6.07) is 1.12. The molecule has 0 aliphatic heterocycles. The zero-order chi connectivity index (χ0) is 11.4. The molecule has 2 atom stereocenters. The smallest absolute Gasteiger partial charge is 0.0672 e. The van der Waals surface area contributed by atoms with Crippen molar-refractivity contribution in [1.82, 2.24) is 15.1 Å². The van der Waals surface area contributed by atoms with Crippen LogP contribution in [0.5, 0.6) is 0 Å². The van der Waals surface area contributed by atoms with E-state index < -0.39 is 0 Å². The topological polar surface area (TPSA) is 29.9 Å². The summed E-state index contributed by atoms with van der Waals surface area (Å²) in [5, 5.41) is 7.96. The van der Waals surface area contributed by atoms with Gasteiger partial charge in [0.25, 0.3) is 0 Å². The monoisotopic (exact) mass is 221 g/mol. The number of nitrogens with one attached hydrogen (secondary N) is 1. The van der Waals surface area contributed by atoms with Gasteiger partial charge in [0.05, 0.1) is 12.2 Å². The molecule has 0 amide bonds. The molecule has 1 aromatic heterocycles. The van der Waals surface area contributed by atoms with Crippen molar-refractivity contribution in [3.63, 3.8) is 0 Å². The van der Waals surface area contributed by atoms with E-state index in [0.717, 1.165) is 0 Å². The zero-order valence-corrected chi connectivity index (χ0v) is 10.4. The summed E-state index contributed by atoms with van der Waals surface area (Å²) in [7, 11) is 2.08. The molecular weight excluding hydrogens is 198 g/mol. The van der Waals surface area contributed by atoms with Gasteiger partial charge in [0, 0.05) is 12.2 Å². The van der Waals surface area contributed by atoms with Crippen LogP contribution in [0, 0.1) is 6.92 Å². The van der Waals surface area contributed by atoms with Gasteiger partial charge in [0.15, 0.2) is 0 Å². The molecule has 1 aliphatic rings. The Bertz CT molecular complexity index is 319. The van der Waals surface area contributed by atoms with E-state index in [9.17, 15) is 0 Å². The van der Waals surface area contributed by atoms with Crippen molar-refractivity contribution in [2.24, 2.45) is 0 Å². The predicted molar refractivity (Wildman–Crippen MR) is 66.6 cm³/mol. The van der Waals surface area contributed by atoms with Gasteiger partial charge >= 0.3 is 0 Å². The molecule has 1 N–H and O–H groups in total. The maximum Gasteiger partial charge on any atom is 0.0672 e. The molecule has 0 bridgehead atoms. The third-order valence-corrected chi connectivity index (χ3v) is 3.67. The second-order valence-corrected chi connectivity index (χ2v) is 4.95. The minimum absolute atomic E-state index is 0.541. The fraction of sp³-hybridized carbons (Fsp3) is 0.769. The Kier molecular flexibility index (Phi) is 3.99. The molecule has 0 saturated heterocycles. The molecule has 2 rings (SSSR count). The molecule has 2 unspecified atom stereocenters. The maximum atomic E-state index is 4.49. The van der Waals surface area contributed by atoms with E-state index >= 15 is 0 Å². The normalized spacial score (nSPS) is 27.4. The summed E-state index contributed by atoms with van der Waals surface area (Å²) >= 11 is 0. The second-order valence-electron chi connectivity index (χ2n) is 4.95. The third-order valence-electron chi connectivity index (χ3n) is 3.67. The van der Waals surface area contributed by atoms with Crippen LogP contribution in [0.2, 0.25) is 0 Å². The van der Waals surface area contributed by atoms with Gasteiger partial charge in [0.2, 0.25) is 0 Å². The molecule has 3 heteroatoms. The number of aryl methyl sites for hydroxylation is 1. The average molecular weight is 221 g/mol. The molecule has 1 aromatic rings. The van der Waals surface area contributed by atoms with Crippen molar-refractivity contribution in [3.8, 4) is 0 Å². The number of likely N-dealkylation sites (N-methyl/N-ethyl adjacent to an activating group) is 1. The van der Waals surface area contributed by atoms with Crippen LogP contribution in [0.4, 0.5) is 0 Å². The van der Waals surface area contributed by atoms with Gasteiger partial charge in [-0.2, -0.15) is 5.10 Å². The molecule has 1 aliphatic carbocycles. The maximum absolute atomic E-state index is 4.49. The summed E-state index contributed by atoms with van der Waals surface area (Å²) in [4.78, 5) is 0. The highest BCUT2D eigenvalue weighted by Gasteiger charge is 2.23. The Hall–Kier alpha value is -0.830. The van der Waals surface area contributed by atoms with E-state index in [1.807, 2.05) is 6.20 Å². The van der Waals surface area contributed by atoms with E-state index in [0.29, 0.717) is 12.1 Å². The Morgan fingerprint density at radius 1 is 1.25 bits per heavy atom. The summed E-state index contributed by atoms with van der Waals surface area (Å²) < 4.78 is 2.17. The van der Waals surface area contributed by atoms with Gasteiger partial charge in [-0.3, -0.25) is 4.68 Å². The number of aromatic nitrogens is 2. The third kappa shape index (κ3) is 2.64. The molecule has 0 spiro atoms. The van der Waals surface area contributed by atoms with Crippen molar-refractivity contribution in [1.29, 1.82) is 0 Å². The lowest BCUT2D eigenvalue weighted by Gasteiger charge is -2.29. The van der Waals surface area contributed by atoms with E-state index in [4.69, 9.17) is 0 Å². The standard InChI is InChI=1S/C13H23N3/c1-11-9-15-16(10-11)13-8-6-4-3-5-7-12(13)14-2/h9-10,12-14H,3-8H2,1-2H3. The van der Waals surface area contributed by atoms with Crippen LogP contribution in [0.1, 0.15) is 50.1 Å². The van der Waals surface area contributed by atoms with E-state index in [-0.39, 0.29) is 0 Å². The molecule has 0 radical (unpaired) electrons. The van der Waals surface area contributed by atoms with Gasteiger partial charge in [-0.25, -0.2) is 0 Å². The van der Waals surface area contributed by atoms with Crippen LogP contribution >= 0.6 is 0 Å². The quantitative estimate of drug-likeness (QED) is 0.832. The van der Waals surface area contributed by atoms with Crippen LogP contribution in [0.25, 0.3) is 0 Å². The van der Waals surface area contributed by atoms with E-state index in [2.05, 4.69) is 35.3 Å². The van der Waals surface area contributed by atoms with Crippen LogP contribution < -0.4 is 5.32 Å². The molecule has 1 fully saturated rings. The van der Waals surface area contributed by atoms with Gasteiger partial charge in [0.1, 0.15) is 0 Å². The zero-order valence-electron chi connectivity index (χ0n) is 10.4. The fourth-order valence-electron chi connectivity index (χ4n) is 2.73. The van der Waals surface area contributed by atoms with Gasteiger partial charge in [-0.05, 0) is 32.4 Å². The number of rotatable bonds is 2. The first-order chi connectivity index (χ1) is 7.81. The molecule has 1 heterocycles. The Morgan fingerprint density at radius 3 is 2.62 bits per heavy atom. The summed E-state index contributed by atoms with van der Waals surface area (Å²) in [5.74, 6) is 0. The van der Waals surface area contributed by atoms with Gasteiger partial charge < -0.3 is 5.32 Å². The first-order valence-corrected chi connectivity index (χ1v) is 6.49. The van der Waals surface area contributed by atoms with Crippen LogP contribution in [0.3, 0.4) is 0 Å². The van der Waals surface area contributed by atoms with Crippen molar-refractivity contribution in [2.45, 2.75) is 57.5 Å². The van der Waals surface area contributed by atoms with Gasteiger partial charge in [-0.15, -0.1) is 0 Å². The van der Waals surface area contributed by atoms with Crippen molar-refractivity contribution >= 4 is 0 Å². The molecule has 1 saturated carbocycles. The second kappa shape index (κ2) is 5.48. The number of hydrogen-bond donors (Lipinski definition) is 1. The molecule has 16 heavy (non-hydrogen) atoms. The summed E-state index contributed by atoms with van der Waals surface area (Å²) in [6.07, 6.45) is 12.1. The van der Waals surface area contributed by atoms with Crippen molar-refractivity contribution < 1.29 is 0 Å². The van der Waals surface area contributed by atoms with E-state index in [1.54, 1.807) is 0 Å². The van der Waals surface area contributed by atoms with Crippen LogP contribution in [-0.2, 0) is 0 Å². The van der Waals surface area contributed by atoms with Crippen LogP contribution in [-0.4, -0.2) is 22.9 Å². The van der Waals surface area contributed by atoms with Crippen LogP contribution in [0.15, 0.2) is 12.4 Å². The highest BCUT2D eigenvalue weighted by atomic mass is 15.3. The molecular formula is C13H23N3. The predicted octanol–water partition coefficient (Wildman–Crippen LogP) is 2.67. The van der Waals surface area contributed by atoms with Gasteiger partial charge in [-0.1, -0.05) is 25.7 Å². The summed E-state index contributed by atoms with van der Waals surface area (Å²) in [5.41, 5.74) is 1.26. The lowest BCUT2D eigenvalue weighted by atomic mass is 9.92. The molecule has 3 nitrogen and oxygen atoms in total. The molecule has 90 valence electrons. The minimum atomic E-state index is 0.541. The summed E-state index contributed by atoms with van der Waals surface area (Å²) in [6.45, 7) is 2.11. The Balaban J connectivity index is 2.13. The lowest BCUT2D eigenvalue weighted by molar-refractivity contribution is 0.277. The lowest BCUT2D eigenvalue weighted by Crippen LogP contribution is -2.36. The number of nitrogens with zero attached hydrogens (tertiary/aromatic N) is 2. The highest BCUT2D eigenvalue weighted by molar-refractivity contribution is 5.01. The van der Waals surface area contributed by atoms with Crippen molar-refractivity contribution in [3.05, 3.63) is 18.0 Å². The first-order valence-electron chi connectivity index (χ1n) is 6.49. The average Bonchev–Trinajstić information content (AvgIpc) is 2.65. The Morgan fingerprint density at radius 2 is 2.00 bits per heavy atom. The van der Waals surface area contributed by atoms with Crippen molar-refractivity contribution in [2.75, 3.05) is 7.05 Å². The fourth-order valence-corrected chi connectivity index (χ4v) is 2.73. The number of hydrogen-bond acceptors (Lipinski definition) is 2. The highest BCUT2D eigenvalue weighted by Crippen LogP contribution is 2.26. The Labute approximate surface area is 98.2 Å². The largest absolute Gasteiger partial charge is 0.315 e. The first kappa shape index (κ1) is 11.6. The minimum Gasteiger partial charge on any atom is -0.315 e.